The van der Waals surface area contributed by atoms with Crippen molar-refractivity contribution in [1.29, 1.82) is 0 Å². The molecule has 14 heavy (non-hydrogen) atoms. The van der Waals surface area contributed by atoms with Crippen LogP contribution in [0.4, 0.5) is 0 Å². The smallest absolute Gasteiger partial charge is 0.0933 e. The quantitative estimate of drug-likeness (QED) is 0.829. The first-order valence-electron chi connectivity index (χ1n) is 5.09. The van der Waals surface area contributed by atoms with Crippen molar-refractivity contribution in [3.63, 3.8) is 0 Å². The molecule has 0 radical (unpaired) electrons. The fourth-order valence-corrected chi connectivity index (χ4v) is 2.38. The molecule has 2 nitrogen and oxygen atoms in total. The Morgan fingerprint density at radius 2 is 2.14 bits per heavy atom. The van der Waals surface area contributed by atoms with Gasteiger partial charge in [-0.15, -0.1) is 11.3 Å². The van der Waals surface area contributed by atoms with Crippen molar-refractivity contribution in [1.82, 2.24) is 10.3 Å². The van der Waals surface area contributed by atoms with Crippen molar-refractivity contribution in [2.24, 2.45) is 5.41 Å². The molecule has 0 aromatic carbocycles. The van der Waals surface area contributed by atoms with E-state index < -0.39 is 0 Å². The molecule has 3 heteroatoms. The minimum Gasteiger partial charge on any atom is -0.319 e. The molecule has 0 aliphatic rings. The fourth-order valence-electron chi connectivity index (χ4n) is 1.25. The highest BCUT2D eigenvalue weighted by Crippen LogP contribution is 2.22. The zero-order valence-corrected chi connectivity index (χ0v) is 10.4. The van der Waals surface area contributed by atoms with Gasteiger partial charge in [-0.05, 0) is 12.5 Å². The summed E-state index contributed by atoms with van der Waals surface area (Å²) in [6, 6.07) is 0. The van der Waals surface area contributed by atoms with Crippen LogP contribution in [0, 0.1) is 5.41 Å². The third-order valence-electron chi connectivity index (χ3n) is 1.91. The van der Waals surface area contributed by atoms with Gasteiger partial charge in [-0.2, -0.15) is 0 Å². The number of likely N-dealkylation sites (N-methyl/N-ethyl adjacent to an activating group) is 1. The number of nitrogens with one attached hydrogen (secondary N) is 1. The monoisotopic (exact) mass is 212 g/mol. The Kier molecular flexibility index (Phi) is 4.08. The van der Waals surface area contributed by atoms with Crippen molar-refractivity contribution < 1.29 is 0 Å². The summed E-state index contributed by atoms with van der Waals surface area (Å²) in [7, 11) is 1.97. The SMILES string of the molecule is CNCCc1csc(CC(C)(C)C)n1. The second-order valence-electron chi connectivity index (χ2n) is 4.82. The van der Waals surface area contributed by atoms with E-state index in [0.717, 1.165) is 19.4 Å². The average Bonchev–Trinajstić information content (AvgIpc) is 2.46. The Balaban J connectivity index is 2.51. The summed E-state index contributed by atoms with van der Waals surface area (Å²) in [5, 5.41) is 6.58. The van der Waals surface area contributed by atoms with Crippen LogP contribution in [0.2, 0.25) is 0 Å². The Labute approximate surface area is 90.8 Å². The lowest BCUT2D eigenvalue weighted by Crippen LogP contribution is -2.11. The van der Waals surface area contributed by atoms with E-state index in [0.29, 0.717) is 5.41 Å². The van der Waals surface area contributed by atoms with E-state index in [2.05, 4.69) is 36.5 Å². The number of hydrogen-bond acceptors (Lipinski definition) is 3. The van der Waals surface area contributed by atoms with Gasteiger partial charge in [-0.3, -0.25) is 0 Å². The summed E-state index contributed by atoms with van der Waals surface area (Å²) in [6.07, 6.45) is 2.12. The molecular formula is C11H20N2S. The second kappa shape index (κ2) is 4.89. The molecule has 1 aromatic heterocycles. The Hall–Kier alpha value is -0.410. The van der Waals surface area contributed by atoms with Crippen LogP contribution in [0.5, 0.6) is 0 Å². The highest BCUT2D eigenvalue weighted by Gasteiger charge is 2.13. The van der Waals surface area contributed by atoms with E-state index in [1.54, 1.807) is 11.3 Å². The van der Waals surface area contributed by atoms with Crippen LogP contribution in [-0.2, 0) is 12.8 Å². The molecule has 0 bridgehead atoms. The third-order valence-corrected chi connectivity index (χ3v) is 2.81. The number of nitrogens with zero attached hydrogens (tertiary/aromatic N) is 1. The summed E-state index contributed by atoms with van der Waals surface area (Å²) in [6.45, 7) is 7.77. The number of thiazole rings is 1. The Morgan fingerprint density at radius 3 is 2.71 bits per heavy atom. The minimum atomic E-state index is 0.345. The lowest BCUT2D eigenvalue weighted by molar-refractivity contribution is 0.410. The first-order valence-corrected chi connectivity index (χ1v) is 5.97. The molecule has 1 N–H and O–H groups in total. The van der Waals surface area contributed by atoms with Crippen LogP contribution in [0.25, 0.3) is 0 Å². The Bertz CT molecular complexity index is 273. The van der Waals surface area contributed by atoms with Crippen LogP contribution in [0.15, 0.2) is 5.38 Å². The van der Waals surface area contributed by atoms with E-state index in [1.165, 1.54) is 10.7 Å². The highest BCUT2D eigenvalue weighted by molar-refractivity contribution is 7.09. The van der Waals surface area contributed by atoms with E-state index in [9.17, 15) is 0 Å². The molecule has 1 aromatic rings. The third kappa shape index (κ3) is 4.20. The fraction of sp³-hybridized carbons (Fsp3) is 0.727. The van der Waals surface area contributed by atoms with Crippen LogP contribution >= 0.6 is 11.3 Å². The highest BCUT2D eigenvalue weighted by atomic mass is 32.1. The van der Waals surface area contributed by atoms with Gasteiger partial charge in [0, 0.05) is 24.8 Å². The molecule has 80 valence electrons. The minimum absolute atomic E-state index is 0.345. The molecule has 0 amide bonds. The van der Waals surface area contributed by atoms with Gasteiger partial charge in [0.25, 0.3) is 0 Å². The van der Waals surface area contributed by atoms with Crippen molar-refractivity contribution in [3.8, 4) is 0 Å². The maximum atomic E-state index is 4.61. The normalized spacial score (nSPS) is 12.0. The number of aromatic nitrogens is 1. The van der Waals surface area contributed by atoms with Gasteiger partial charge in [0.15, 0.2) is 0 Å². The maximum Gasteiger partial charge on any atom is 0.0933 e. The molecule has 0 unspecified atom stereocenters. The van der Waals surface area contributed by atoms with Gasteiger partial charge in [-0.1, -0.05) is 20.8 Å². The largest absolute Gasteiger partial charge is 0.319 e. The summed E-state index contributed by atoms with van der Waals surface area (Å²) >= 11 is 1.79. The molecule has 0 aliphatic carbocycles. The van der Waals surface area contributed by atoms with Crippen LogP contribution < -0.4 is 5.32 Å². The molecular weight excluding hydrogens is 192 g/mol. The van der Waals surface area contributed by atoms with Gasteiger partial charge in [0.1, 0.15) is 0 Å². The predicted molar refractivity (Wildman–Crippen MR) is 62.9 cm³/mol. The lowest BCUT2D eigenvalue weighted by Gasteiger charge is -2.15. The van der Waals surface area contributed by atoms with Crippen LogP contribution in [0.3, 0.4) is 0 Å². The predicted octanol–water partition coefficient (Wildman–Crippen LogP) is 2.49. The van der Waals surface area contributed by atoms with Crippen molar-refractivity contribution >= 4 is 11.3 Å². The van der Waals surface area contributed by atoms with Crippen molar-refractivity contribution in [2.45, 2.75) is 33.6 Å². The molecule has 0 spiro atoms. The molecule has 1 heterocycles. The zero-order valence-electron chi connectivity index (χ0n) is 9.55. The van der Waals surface area contributed by atoms with Gasteiger partial charge in [0.05, 0.1) is 10.7 Å². The topological polar surface area (TPSA) is 24.9 Å². The zero-order chi connectivity index (χ0) is 10.6. The first kappa shape index (κ1) is 11.7. The maximum absolute atomic E-state index is 4.61. The van der Waals surface area contributed by atoms with Crippen LogP contribution in [-0.4, -0.2) is 18.6 Å². The van der Waals surface area contributed by atoms with Crippen LogP contribution in [0.1, 0.15) is 31.5 Å². The number of hydrogen-bond donors (Lipinski definition) is 1. The second-order valence-corrected chi connectivity index (χ2v) is 5.77. The average molecular weight is 212 g/mol. The molecule has 0 saturated carbocycles. The number of rotatable bonds is 4. The lowest BCUT2D eigenvalue weighted by atomic mass is 9.93. The summed E-state index contributed by atoms with van der Waals surface area (Å²) in [5.74, 6) is 0. The van der Waals surface area contributed by atoms with Gasteiger partial charge >= 0.3 is 0 Å². The first-order chi connectivity index (χ1) is 6.51. The Morgan fingerprint density at radius 1 is 1.43 bits per heavy atom. The summed E-state index contributed by atoms with van der Waals surface area (Å²) < 4.78 is 0. The van der Waals surface area contributed by atoms with E-state index >= 15 is 0 Å². The summed E-state index contributed by atoms with van der Waals surface area (Å²) in [5.41, 5.74) is 1.57. The van der Waals surface area contributed by atoms with E-state index in [-0.39, 0.29) is 0 Å². The molecule has 1 rings (SSSR count). The van der Waals surface area contributed by atoms with E-state index in [1.807, 2.05) is 7.05 Å². The molecule has 0 aliphatic heterocycles. The van der Waals surface area contributed by atoms with Gasteiger partial charge in [-0.25, -0.2) is 4.98 Å². The molecule has 0 saturated heterocycles. The summed E-state index contributed by atoms with van der Waals surface area (Å²) in [4.78, 5) is 4.61. The van der Waals surface area contributed by atoms with Crippen molar-refractivity contribution in [3.05, 3.63) is 16.1 Å². The van der Waals surface area contributed by atoms with Crippen molar-refractivity contribution in [2.75, 3.05) is 13.6 Å². The van der Waals surface area contributed by atoms with Gasteiger partial charge < -0.3 is 5.32 Å². The van der Waals surface area contributed by atoms with E-state index in [4.69, 9.17) is 0 Å². The van der Waals surface area contributed by atoms with Gasteiger partial charge in [0.2, 0.25) is 0 Å². The molecule has 0 atom stereocenters. The molecule has 0 fully saturated rings. The standard InChI is InChI=1S/C11H20N2S/c1-11(2,3)7-10-13-9(8-14-10)5-6-12-4/h8,12H,5-7H2,1-4H3.